The topological polar surface area (TPSA) is 26.3 Å². The Kier molecular flexibility index (Phi) is 2.78. The van der Waals surface area contributed by atoms with Gasteiger partial charge in [0, 0.05) is 12.0 Å². The van der Waals surface area contributed by atoms with Crippen LogP contribution in [0.4, 0.5) is 8.78 Å². The third kappa shape index (κ3) is 2.10. The minimum Gasteiger partial charge on any atom is -0.482 e. The van der Waals surface area contributed by atoms with Crippen molar-refractivity contribution >= 4 is 5.78 Å². The summed E-state index contributed by atoms with van der Waals surface area (Å²) >= 11 is 0. The first-order valence-corrected chi connectivity index (χ1v) is 5.89. The van der Waals surface area contributed by atoms with Crippen molar-refractivity contribution in [2.24, 2.45) is 0 Å². The zero-order valence-electron chi connectivity index (χ0n) is 9.90. The molecule has 0 bridgehead atoms. The summed E-state index contributed by atoms with van der Waals surface area (Å²) in [6, 6.07) is 10.5. The lowest BCUT2D eigenvalue weighted by Crippen LogP contribution is -2.25. The quantitative estimate of drug-likeness (QED) is 0.775. The largest absolute Gasteiger partial charge is 0.482 e. The number of halogens is 2. The lowest BCUT2D eigenvalue weighted by atomic mass is 10.0. The minimum atomic E-state index is -1.03. The summed E-state index contributed by atoms with van der Waals surface area (Å²) in [4.78, 5) is 12.2. The lowest BCUT2D eigenvalue weighted by molar-refractivity contribution is 0.0824. The Morgan fingerprint density at radius 1 is 1.11 bits per heavy atom. The fourth-order valence-electron chi connectivity index (χ4n) is 2.16. The van der Waals surface area contributed by atoms with E-state index in [2.05, 4.69) is 0 Å². The molecule has 0 saturated heterocycles. The van der Waals surface area contributed by atoms with E-state index in [9.17, 15) is 13.6 Å². The highest BCUT2D eigenvalue weighted by Crippen LogP contribution is 2.29. The molecule has 0 spiro atoms. The van der Waals surface area contributed by atoms with Crippen molar-refractivity contribution in [2.75, 3.05) is 0 Å². The van der Waals surface area contributed by atoms with Crippen molar-refractivity contribution in [3.8, 4) is 5.75 Å². The maximum absolute atomic E-state index is 13.1. The standard InChI is InChI=1S/C15H10F2O2/c16-11-6-5-10(7-12(11)17)15(18)14-8-9-3-1-2-4-13(9)19-14/h1-7,14H,8H2. The number of Topliss-reactive ketones (excluding diaryl/α,β-unsaturated/α-hetero) is 1. The van der Waals surface area contributed by atoms with Crippen LogP contribution in [-0.2, 0) is 6.42 Å². The number of carbonyl (C=O) groups is 1. The molecule has 1 aliphatic rings. The molecule has 0 amide bonds. The van der Waals surface area contributed by atoms with Crippen LogP contribution in [0.2, 0.25) is 0 Å². The lowest BCUT2D eigenvalue weighted by Gasteiger charge is -2.09. The molecule has 0 fully saturated rings. The monoisotopic (exact) mass is 260 g/mol. The Morgan fingerprint density at radius 3 is 2.63 bits per heavy atom. The third-order valence-corrected chi connectivity index (χ3v) is 3.14. The first kappa shape index (κ1) is 11.8. The zero-order chi connectivity index (χ0) is 13.4. The Bertz CT molecular complexity index is 627. The number of ether oxygens (including phenoxy) is 1. The van der Waals surface area contributed by atoms with Crippen LogP contribution in [0.5, 0.6) is 5.75 Å². The summed E-state index contributed by atoms with van der Waals surface area (Å²) < 4.78 is 31.5. The van der Waals surface area contributed by atoms with Crippen molar-refractivity contribution in [1.29, 1.82) is 0 Å². The zero-order valence-corrected chi connectivity index (χ0v) is 9.90. The van der Waals surface area contributed by atoms with E-state index in [-0.39, 0.29) is 11.3 Å². The number of rotatable bonds is 2. The van der Waals surface area contributed by atoms with Crippen LogP contribution in [0.3, 0.4) is 0 Å². The second kappa shape index (κ2) is 4.46. The molecule has 0 aromatic heterocycles. The average molecular weight is 260 g/mol. The van der Waals surface area contributed by atoms with Gasteiger partial charge in [-0.25, -0.2) is 8.78 Å². The maximum atomic E-state index is 13.1. The minimum absolute atomic E-state index is 0.122. The molecule has 0 saturated carbocycles. The van der Waals surface area contributed by atoms with Gasteiger partial charge in [0.05, 0.1) is 0 Å². The number of para-hydroxylation sites is 1. The molecule has 96 valence electrons. The second-order valence-corrected chi connectivity index (χ2v) is 4.41. The van der Waals surface area contributed by atoms with Gasteiger partial charge < -0.3 is 4.74 Å². The van der Waals surface area contributed by atoms with Gasteiger partial charge in [-0.05, 0) is 29.8 Å². The SMILES string of the molecule is O=C(c1ccc(F)c(F)c1)C1Cc2ccccc2O1. The molecule has 0 N–H and O–H groups in total. The van der Waals surface area contributed by atoms with Gasteiger partial charge >= 0.3 is 0 Å². The van der Waals surface area contributed by atoms with Crippen molar-refractivity contribution in [1.82, 2.24) is 0 Å². The van der Waals surface area contributed by atoms with Gasteiger partial charge in [-0.3, -0.25) is 4.79 Å². The van der Waals surface area contributed by atoms with Gasteiger partial charge in [-0.15, -0.1) is 0 Å². The molecule has 2 aromatic rings. The van der Waals surface area contributed by atoms with E-state index in [0.29, 0.717) is 12.2 Å². The number of benzene rings is 2. The molecule has 2 aromatic carbocycles. The van der Waals surface area contributed by atoms with Gasteiger partial charge in [0.1, 0.15) is 5.75 Å². The molecule has 0 radical (unpaired) electrons. The summed E-state index contributed by atoms with van der Waals surface area (Å²) in [5.41, 5.74) is 1.07. The Morgan fingerprint density at radius 2 is 1.89 bits per heavy atom. The van der Waals surface area contributed by atoms with Gasteiger partial charge in [0.25, 0.3) is 0 Å². The van der Waals surface area contributed by atoms with Crippen LogP contribution in [0.15, 0.2) is 42.5 Å². The van der Waals surface area contributed by atoms with Crippen LogP contribution < -0.4 is 4.74 Å². The van der Waals surface area contributed by atoms with Crippen molar-refractivity contribution in [2.45, 2.75) is 12.5 Å². The highest BCUT2D eigenvalue weighted by molar-refractivity contribution is 6.00. The molecule has 1 atom stereocenters. The Balaban J connectivity index is 1.85. The van der Waals surface area contributed by atoms with Crippen LogP contribution in [0.25, 0.3) is 0 Å². The molecule has 1 heterocycles. The summed E-state index contributed by atoms with van der Waals surface area (Å²) in [6.07, 6.45) is -0.212. The normalized spacial score (nSPS) is 16.8. The van der Waals surface area contributed by atoms with E-state index < -0.39 is 17.7 Å². The number of fused-ring (bicyclic) bond motifs is 1. The van der Waals surface area contributed by atoms with E-state index in [1.54, 1.807) is 6.07 Å². The maximum Gasteiger partial charge on any atom is 0.203 e. The predicted octanol–water partition coefficient (Wildman–Crippen LogP) is 3.15. The van der Waals surface area contributed by atoms with E-state index in [0.717, 1.165) is 17.7 Å². The van der Waals surface area contributed by atoms with Crippen LogP contribution in [-0.4, -0.2) is 11.9 Å². The fourth-order valence-corrected chi connectivity index (χ4v) is 2.16. The summed E-state index contributed by atoms with van der Waals surface area (Å²) in [6.45, 7) is 0. The first-order chi connectivity index (χ1) is 9.15. The highest BCUT2D eigenvalue weighted by atomic mass is 19.2. The second-order valence-electron chi connectivity index (χ2n) is 4.41. The Labute approximate surface area is 108 Å². The van der Waals surface area contributed by atoms with Crippen molar-refractivity contribution in [3.63, 3.8) is 0 Å². The molecular weight excluding hydrogens is 250 g/mol. The molecule has 2 nitrogen and oxygen atoms in total. The first-order valence-electron chi connectivity index (χ1n) is 5.89. The number of hydrogen-bond acceptors (Lipinski definition) is 2. The number of ketones is 1. The smallest absolute Gasteiger partial charge is 0.203 e. The third-order valence-electron chi connectivity index (χ3n) is 3.14. The van der Waals surface area contributed by atoms with Gasteiger partial charge in [0.2, 0.25) is 5.78 Å². The number of carbonyl (C=O) groups excluding carboxylic acids is 1. The van der Waals surface area contributed by atoms with E-state index in [4.69, 9.17) is 4.74 Å². The van der Waals surface area contributed by atoms with Crippen LogP contribution in [0, 0.1) is 11.6 Å². The highest BCUT2D eigenvalue weighted by Gasteiger charge is 2.29. The summed E-state index contributed by atoms with van der Waals surface area (Å²) in [5.74, 6) is -1.66. The van der Waals surface area contributed by atoms with Gasteiger partial charge in [-0.2, -0.15) is 0 Å². The molecule has 4 heteroatoms. The van der Waals surface area contributed by atoms with Gasteiger partial charge in [0.15, 0.2) is 17.7 Å². The number of hydrogen-bond donors (Lipinski definition) is 0. The molecule has 0 aliphatic carbocycles. The molecule has 1 unspecified atom stereocenters. The molecular formula is C15H10F2O2. The van der Waals surface area contributed by atoms with Crippen LogP contribution in [0.1, 0.15) is 15.9 Å². The predicted molar refractivity (Wildman–Crippen MR) is 65.3 cm³/mol. The molecule has 3 rings (SSSR count). The van der Waals surface area contributed by atoms with Crippen molar-refractivity contribution in [3.05, 3.63) is 65.2 Å². The van der Waals surface area contributed by atoms with Gasteiger partial charge in [-0.1, -0.05) is 18.2 Å². The van der Waals surface area contributed by atoms with Crippen molar-refractivity contribution < 1.29 is 18.3 Å². The van der Waals surface area contributed by atoms with Crippen LogP contribution >= 0.6 is 0 Å². The fraction of sp³-hybridized carbons (Fsp3) is 0.133. The van der Waals surface area contributed by atoms with E-state index in [1.807, 2.05) is 18.2 Å². The molecule has 1 aliphatic heterocycles. The summed E-state index contributed by atoms with van der Waals surface area (Å²) in [7, 11) is 0. The van der Waals surface area contributed by atoms with E-state index in [1.165, 1.54) is 6.07 Å². The molecule has 19 heavy (non-hydrogen) atoms. The Hall–Kier alpha value is -2.23. The average Bonchev–Trinajstić information content (AvgIpc) is 2.85. The summed E-state index contributed by atoms with van der Waals surface area (Å²) in [5, 5.41) is 0. The van der Waals surface area contributed by atoms with E-state index >= 15 is 0 Å².